The highest BCUT2D eigenvalue weighted by Crippen LogP contribution is 2.63. The van der Waals surface area contributed by atoms with Gasteiger partial charge in [0.1, 0.15) is 30.4 Å². The summed E-state index contributed by atoms with van der Waals surface area (Å²) < 4.78 is 16.4. The molecule has 2 aromatic rings. The third-order valence-corrected chi connectivity index (χ3v) is 10.0. The topological polar surface area (TPSA) is 258 Å². The lowest BCUT2D eigenvalue weighted by Crippen LogP contribution is -2.50. The van der Waals surface area contributed by atoms with Crippen molar-refractivity contribution < 1.29 is 38.8 Å². The average Bonchev–Trinajstić information content (AvgIpc) is 3.66. The third kappa shape index (κ3) is 7.02. The number of pyridine rings is 1. The number of hydrazone groups is 1. The number of hydrogen-bond acceptors (Lipinski definition) is 15. The zero-order chi connectivity index (χ0) is 34.6. The highest BCUT2D eigenvalue weighted by molar-refractivity contribution is 8.76. The Balaban J connectivity index is 1.08. The van der Waals surface area contributed by atoms with E-state index in [0.29, 0.717) is 35.1 Å². The molecular weight excluding hydrogens is 687 g/mol. The van der Waals surface area contributed by atoms with Crippen LogP contribution in [0.2, 0.25) is 0 Å². The Kier molecular flexibility index (Phi) is 10.7. The predicted molar refractivity (Wildman–Crippen MR) is 186 cm³/mol. The van der Waals surface area contributed by atoms with Crippen LogP contribution in [0.1, 0.15) is 16.8 Å². The molecule has 10 N–H and O–H groups in total. The minimum atomic E-state index is -1.16. The number of aromatic nitrogens is 1. The highest BCUT2D eigenvalue weighted by Gasteiger charge is 2.69. The van der Waals surface area contributed by atoms with Crippen molar-refractivity contribution in [1.29, 1.82) is 0 Å². The molecule has 0 spiro atoms. The van der Waals surface area contributed by atoms with Crippen LogP contribution >= 0.6 is 33.8 Å². The summed E-state index contributed by atoms with van der Waals surface area (Å²) in [4.78, 5) is 42.8. The van der Waals surface area contributed by atoms with E-state index in [4.69, 9.17) is 25.7 Å². The molecule has 0 radical (unpaired) electrons. The number of hydrogen-bond donors (Lipinski definition) is 8. The standard InChI is InChI=1S/C28H33N9O8S3/c1-13-20(23(40)19-14(10-18(29)38)28(43-2)24-17(33-24)12-37(28)21(19)22(13)39)35-27(42)45-7-9-48-47-8-6-44-26(41)34-15-4-3-5-31-16(15)11-32-36-25(30)46/h3-5,10-11,17,24,33,39-40H,6-9,12H2,1-2H3,(H2,29,38)(H,34,41)(H,35,42)(H3,30,36,46)/t17-,24-,28+/m0/s1. The number of fused-ring (bicyclic) bond motifs is 5. The van der Waals surface area contributed by atoms with Crippen molar-refractivity contribution in [2.24, 2.45) is 16.6 Å². The number of phenols is 2. The van der Waals surface area contributed by atoms with Gasteiger partial charge in [-0.15, -0.1) is 0 Å². The summed E-state index contributed by atoms with van der Waals surface area (Å²) in [6.07, 6.45) is 2.51. The number of anilines is 3. The summed E-state index contributed by atoms with van der Waals surface area (Å²) in [5.41, 5.74) is 13.7. The van der Waals surface area contributed by atoms with E-state index in [1.807, 2.05) is 0 Å². The Labute approximate surface area is 287 Å². The minimum Gasteiger partial charge on any atom is -0.505 e. The van der Waals surface area contributed by atoms with Gasteiger partial charge < -0.3 is 46.1 Å². The Hall–Kier alpha value is -4.50. The molecule has 2 saturated heterocycles. The van der Waals surface area contributed by atoms with Gasteiger partial charge in [-0.3, -0.25) is 25.8 Å². The second kappa shape index (κ2) is 14.7. The average molecular weight is 720 g/mol. The van der Waals surface area contributed by atoms with E-state index in [-0.39, 0.29) is 64.3 Å². The number of rotatable bonds is 13. The highest BCUT2D eigenvalue weighted by atomic mass is 33.1. The number of thiocarbonyl (C=S) groups is 1. The quantitative estimate of drug-likeness (QED) is 0.0168. The summed E-state index contributed by atoms with van der Waals surface area (Å²) >= 11 is 4.68. The molecule has 2 fully saturated rings. The molecule has 4 heterocycles. The number of primary amides is 1. The number of aromatic hydroxyl groups is 2. The van der Waals surface area contributed by atoms with Crippen molar-refractivity contribution in [2.45, 2.75) is 24.7 Å². The summed E-state index contributed by atoms with van der Waals surface area (Å²) in [5.74, 6) is -0.428. The van der Waals surface area contributed by atoms with Crippen LogP contribution in [-0.4, -0.2) is 101 Å². The Bertz CT molecular complexity index is 1690. The Morgan fingerprint density at radius 2 is 1.88 bits per heavy atom. The van der Waals surface area contributed by atoms with E-state index >= 15 is 0 Å². The molecule has 0 bridgehead atoms. The van der Waals surface area contributed by atoms with Gasteiger partial charge in [-0.25, -0.2) is 9.59 Å². The van der Waals surface area contributed by atoms with Gasteiger partial charge >= 0.3 is 12.2 Å². The fourth-order valence-electron chi connectivity index (χ4n) is 5.66. The number of phenolic OH excluding ortho intramolecular Hbond substituents is 2. The molecule has 1 aromatic heterocycles. The van der Waals surface area contributed by atoms with Crippen LogP contribution in [0.25, 0.3) is 5.57 Å². The lowest BCUT2D eigenvalue weighted by Gasteiger charge is -2.35. The van der Waals surface area contributed by atoms with Gasteiger partial charge in [0.15, 0.2) is 10.8 Å². The van der Waals surface area contributed by atoms with Crippen LogP contribution in [0.15, 0.2) is 29.5 Å². The van der Waals surface area contributed by atoms with Crippen molar-refractivity contribution in [3.8, 4) is 11.5 Å². The molecule has 48 heavy (non-hydrogen) atoms. The molecule has 0 saturated carbocycles. The summed E-state index contributed by atoms with van der Waals surface area (Å²) in [6, 6.07) is 3.15. The molecule has 17 nitrogen and oxygen atoms in total. The normalized spacial score (nSPS) is 21.0. The van der Waals surface area contributed by atoms with Crippen LogP contribution in [0.4, 0.5) is 26.7 Å². The van der Waals surface area contributed by atoms with Crippen molar-refractivity contribution >= 4 is 85.9 Å². The second-order valence-corrected chi connectivity index (χ2v) is 13.6. The number of carbonyl (C=O) groups is 3. The maximum Gasteiger partial charge on any atom is 0.411 e. The smallest absolute Gasteiger partial charge is 0.411 e. The fraction of sp³-hybridized carbons (Fsp3) is 0.357. The Morgan fingerprint density at radius 3 is 2.52 bits per heavy atom. The van der Waals surface area contributed by atoms with Gasteiger partial charge in [-0.1, -0.05) is 21.6 Å². The van der Waals surface area contributed by atoms with Crippen LogP contribution in [0.5, 0.6) is 11.5 Å². The molecular formula is C28H33N9O8S3. The fourth-order valence-corrected chi connectivity index (χ4v) is 7.36. The minimum absolute atomic E-state index is 0.0149. The first-order chi connectivity index (χ1) is 23.0. The maximum absolute atomic E-state index is 12.7. The van der Waals surface area contributed by atoms with Crippen LogP contribution in [0, 0.1) is 6.92 Å². The molecule has 256 valence electrons. The first-order valence-corrected chi connectivity index (χ1v) is 17.2. The molecule has 20 heteroatoms. The monoisotopic (exact) mass is 719 g/mol. The van der Waals surface area contributed by atoms with E-state index in [2.05, 4.69) is 43.7 Å². The SMILES string of the molecule is CO[C@@]12C(=CC(N)=O)c3c(O)c(NC(=O)OCCSSCCOC(=O)Nc4cccnc4C=NNC(N)=S)c(C)c(O)c3N1C[C@@H]1N[C@@H]12. The van der Waals surface area contributed by atoms with Gasteiger partial charge in [-0.05, 0) is 31.3 Å². The summed E-state index contributed by atoms with van der Waals surface area (Å²) in [6.45, 7) is 2.15. The summed E-state index contributed by atoms with van der Waals surface area (Å²) in [7, 11) is 4.28. The number of nitrogens with one attached hydrogen (secondary N) is 4. The lowest BCUT2D eigenvalue weighted by atomic mass is 9.93. The van der Waals surface area contributed by atoms with Crippen molar-refractivity contribution in [3.05, 3.63) is 41.2 Å². The summed E-state index contributed by atoms with van der Waals surface area (Å²) in [5, 5.41) is 34.7. The van der Waals surface area contributed by atoms with E-state index in [9.17, 15) is 24.6 Å². The molecule has 0 unspecified atom stereocenters. The van der Waals surface area contributed by atoms with E-state index in [1.54, 1.807) is 24.0 Å². The number of ether oxygens (including phenoxy) is 3. The number of carbonyl (C=O) groups excluding carboxylic acids is 3. The van der Waals surface area contributed by atoms with E-state index in [1.165, 1.54) is 47.2 Å². The van der Waals surface area contributed by atoms with Crippen LogP contribution < -0.4 is 37.7 Å². The lowest BCUT2D eigenvalue weighted by molar-refractivity contribution is -0.113. The number of nitrogens with two attached hydrogens (primary N) is 2. The molecule has 5 rings (SSSR count). The van der Waals surface area contributed by atoms with Crippen molar-refractivity contribution in [1.82, 2.24) is 15.7 Å². The number of nitrogens with zero attached hydrogens (tertiary/aromatic N) is 3. The van der Waals surface area contributed by atoms with Gasteiger partial charge in [-0.2, -0.15) is 5.10 Å². The zero-order valence-corrected chi connectivity index (χ0v) is 28.1. The van der Waals surface area contributed by atoms with Crippen LogP contribution in [0.3, 0.4) is 0 Å². The largest absolute Gasteiger partial charge is 0.505 e. The molecule has 3 aliphatic rings. The van der Waals surface area contributed by atoms with E-state index in [0.717, 1.165) is 0 Å². The third-order valence-electron chi connectivity index (χ3n) is 7.62. The van der Waals surface area contributed by atoms with Gasteiger partial charge in [0, 0.05) is 54.6 Å². The number of piperazine rings is 1. The predicted octanol–water partition coefficient (Wildman–Crippen LogP) is 1.53. The van der Waals surface area contributed by atoms with Gasteiger partial charge in [0.2, 0.25) is 5.91 Å². The molecule has 3 atom stereocenters. The van der Waals surface area contributed by atoms with Gasteiger partial charge in [0.05, 0.1) is 34.9 Å². The second-order valence-electron chi connectivity index (χ2n) is 10.5. The van der Waals surface area contributed by atoms with Gasteiger partial charge in [0.25, 0.3) is 0 Å². The zero-order valence-electron chi connectivity index (χ0n) is 25.6. The van der Waals surface area contributed by atoms with Crippen LogP contribution in [-0.2, 0) is 19.0 Å². The van der Waals surface area contributed by atoms with E-state index < -0.39 is 23.8 Å². The molecule has 1 aromatic carbocycles. The Morgan fingerprint density at radius 1 is 1.19 bits per heavy atom. The number of benzene rings is 1. The first kappa shape index (κ1) is 34.8. The molecule has 3 amide bonds. The molecule has 3 aliphatic heterocycles. The first-order valence-electron chi connectivity index (χ1n) is 14.3. The van der Waals surface area contributed by atoms with Crippen molar-refractivity contribution in [2.75, 3.05) is 53.9 Å². The molecule has 0 aliphatic carbocycles. The number of amides is 3. The number of methoxy groups -OCH3 is 1. The maximum atomic E-state index is 12.7. The van der Waals surface area contributed by atoms with Crippen molar-refractivity contribution in [3.63, 3.8) is 0 Å².